The van der Waals surface area contributed by atoms with Crippen molar-refractivity contribution in [2.75, 3.05) is 0 Å². The number of hydrogen-bond donors (Lipinski definition) is 0. The monoisotopic (exact) mass is 353 g/mol. The summed E-state index contributed by atoms with van der Waals surface area (Å²) in [7, 11) is 1.39. The van der Waals surface area contributed by atoms with Gasteiger partial charge in [-0.1, -0.05) is 23.2 Å². The summed E-state index contributed by atoms with van der Waals surface area (Å²) in [5.41, 5.74) is 0.604. The Morgan fingerprint density at radius 2 is 1.80 bits per heavy atom. The molecule has 5 nitrogen and oxygen atoms in total. The zero-order valence-electron chi connectivity index (χ0n) is 10.5. The van der Waals surface area contributed by atoms with Crippen LogP contribution in [0, 0.1) is 0 Å². The Kier molecular flexibility index (Phi) is 4.30. The van der Waals surface area contributed by atoms with Gasteiger partial charge >= 0.3 is 0 Å². The maximum atomic E-state index is 11.5. The molecule has 0 aliphatic heterocycles. The highest BCUT2D eigenvalue weighted by Gasteiger charge is 2.25. The van der Waals surface area contributed by atoms with Gasteiger partial charge in [0.05, 0.1) is 10.0 Å². The Morgan fingerprint density at radius 1 is 1.15 bits per heavy atom. The van der Waals surface area contributed by atoms with Crippen LogP contribution in [0.3, 0.4) is 0 Å². The fourth-order valence-corrected chi connectivity index (χ4v) is 3.03. The van der Waals surface area contributed by atoms with E-state index < -0.39 is 9.05 Å². The van der Waals surface area contributed by atoms with E-state index in [-0.39, 0.29) is 11.2 Å². The van der Waals surface area contributed by atoms with Crippen LogP contribution in [0.2, 0.25) is 10.0 Å². The SMILES string of the molecule is CC(C)n1c(-c2ccc(Cl)c(Cl)c2)nnc1S(=O)(=O)Cl. The molecule has 1 aromatic carbocycles. The largest absolute Gasteiger partial charge is 0.296 e. The van der Waals surface area contributed by atoms with Crippen LogP contribution in [0.4, 0.5) is 0 Å². The Labute approximate surface area is 130 Å². The second-order valence-electron chi connectivity index (χ2n) is 4.34. The molecule has 2 rings (SSSR count). The van der Waals surface area contributed by atoms with Crippen molar-refractivity contribution < 1.29 is 8.42 Å². The maximum Gasteiger partial charge on any atom is 0.296 e. The van der Waals surface area contributed by atoms with E-state index in [1.54, 1.807) is 32.0 Å². The van der Waals surface area contributed by atoms with Crippen molar-refractivity contribution in [1.82, 2.24) is 14.8 Å². The molecule has 0 atom stereocenters. The highest BCUT2D eigenvalue weighted by Crippen LogP contribution is 2.30. The molecule has 1 heterocycles. The average molecular weight is 355 g/mol. The van der Waals surface area contributed by atoms with Gasteiger partial charge in [-0.05, 0) is 32.0 Å². The second-order valence-corrected chi connectivity index (χ2v) is 7.61. The topological polar surface area (TPSA) is 64.8 Å². The molecule has 108 valence electrons. The van der Waals surface area contributed by atoms with Gasteiger partial charge in [0.25, 0.3) is 14.2 Å². The van der Waals surface area contributed by atoms with Gasteiger partial charge in [0.15, 0.2) is 5.82 Å². The molecule has 0 spiro atoms. The van der Waals surface area contributed by atoms with Gasteiger partial charge in [0.1, 0.15) is 0 Å². The summed E-state index contributed by atoms with van der Waals surface area (Å²) in [5.74, 6) is 0.359. The summed E-state index contributed by atoms with van der Waals surface area (Å²) in [5, 5.41) is 7.99. The number of halogens is 3. The van der Waals surface area contributed by atoms with Crippen molar-refractivity contribution >= 4 is 42.9 Å². The molecule has 1 aromatic heterocycles. The van der Waals surface area contributed by atoms with Gasteiger partial charge in [-0.2, -0.15) is 0 Å². The molecule has 0 aliphatic rings. The third kappa shape index (κ3) is 2.93. The van der Waals surface area contributed by atoms with E-state index in [0.29, 0.717) is 21.4 Å². The second kappa shape index (κ2) is 5.52. The molecule has 0 saturated heterocycles. The van der Waals surface area contributed by atoms with E-state index in [0.717, 1.165) is 0 Å². The first-order chi connectivity index (χ1) is 9.21. The van der Waals surface area contributed by atoms with E-state index in [4.69, 9.17) is 33.9 Å². The van der Waals surface area contributed by atoms with Crippen molar-refractivity contribution in [3.63, 3.8) is 0 Å². The van der Waals surface area contributed by atoms with Crippen LogP contribution in [-0.4, -0.2) is 23.2 Å². The number of hydrogen-bond acceptors (Lipinski definition) is 4. The van der Waals surface area contributed by atoms with E-state index in [1.165, 1.54) is 4.57 Å². The minimum absolute atomic E-state index is 0.196. The molecule has 0 radical (unpaired) electrons. The molecule has 0 saturated carbocycles. The molecule has 9 heteroatoms. The highest BCUT2D eigenvalue weighted by atomic mass is 35.7. The fourth-order valence-electron chi connectivity index (χ4n) is 1.74. The molecule has 0 N–H and O–H groups in total. The van der Waals surface area contributed by atoms with E-state index in [1.807, 2.05) is 0 Å². The minimum atomic E-state index is -3.98. The zero-order chi connectivity index (χ0) is 15.1. The molecule has 0 fully saturated rings. The summed E-state index contributed by atoms with van der Waals surface area (Å²) in [6.45, 7) is 3.60. The molecular weight excluding hydrogens is 345 g/mol. The van der Waals surface area contributed by atoms with Crippen molar-refractivity contribution in [2.45, 2.75) is 25.0 Å². The predicted octanol–water partition coefficient (Wildman–Crippen LogP) is 3.76. The van der Waals surface area contributed by atoms with Gasteiger partial charge in [-0.15, -0.1) is 10.2 Å². The summed E-state index contributed by atoms with van der Waals surface area (Å²) in [6.07, 6.45) is 0. The Morgan fingerprint density at radius 3 is 2.30 bits per heavy atom. The number of aromatic nitrogens is 3. The lowest BCUT2D eigenvalue weighted by atomic mass is 10.2. The Bertz CT molecular complexity index is 756. The minimum Gasteiger partial charge on any atom is -0.294 e. The Balaban J connectivity index is 2.69. The van der Waals surface area contributed by atoms with Gasteiger partial charge in [0, 0.05) is 22.3 Å². The Hall–Kier alpha value is -0.820. The first kappa shape index (κ1) is 15.6. The summed E-state index contributed by atoms with van der Waals surface area (Å²) in [4.78, 5) is 0. The molecule has 2 aromatic rings. The van der Waals surface area contributed by atoms with Crippen molar-refractivity contribution in [1.29, 1.82) is 0 Å². The highest BCUT2D eigenvalue weighted by molar-refractivity contribution is 8.13. The lowest BCUT2D eigenvalue weighted by molar-refractivity contribution is 0.530. The van der Waals surface area contributed by atoms with Gasteiger partial charge < -0.3 is 0 Å². The maximum absolute atomic E-state index is 11.5. The van der Waals surface area contributed by atoms with E-state index >= 15 is 0 Å². The lowest BCUT2D eigenvalue weighted by Crippen LogP contribution is -2.10. The molecular formula is C11H10Cl3N3O2S. The van der Waals surface area contributed by atoms with Crippen molar-refractivity contribution in [2.24, 2.45) is 0 Å². The third-order valence-electron chi connectivity index (χ3n) is 2.58. The van der Waals surface area contributed by atoms with Crippen molar-refractivity contribution in [3.05, 3.63) is 28.2 Å². The van der Waals surface area contributed by atoms with Crippen LogP contribution in [0.15, 0.2) is 23.4 Å². The summed E-state index contributed by atoms with van der Waals surface area (Å²) in [6, 6.07) is 4.69. The fraction of sp³-hybridized carbons (Fsp3) is 0.273. The first-order valence-corrected chi connectivity index (χ1v) is 8.63. The molecule has 20 heavy (non-hydrogen) atoms. The lowest BCUT2D eigenvalue weighted by Gasteiger charge is -2.12. The third-order valence-corrected chi connectivity index (χ3v) is 4.44. The molecule has 0 unspecified atom stereocenters. The van der Waals surface area contributed by atoms with Gasteiger partial charge in [0.2, 0.25) is 0 Å². The number of nitrogens with zero attached hydrogens (tertiary/aromatic N) is 3. The number of benzene rings is 1. The van der Waals surface area contributed by atoms with Crippen LogP contribution >= 0.6 is 33.9 Å². The molecule has 0 amide bonds. The quantitative estimate of drug-likeness (QED) is 0.787. The average Bonchev–Trinajstić information content (AvgIpc) is 2.77. The van der Waals surface area contributed by atoms with Crippen LogP contribution < -0.4 is 0 Å². The van der Waals surface area contributed by atoms with Crippen LogP contribution in [0.5, 0.6) is 0 Å². The van der Waals surface area contributed by atoms with Gasteiger partial charge in [-0.3, -0.25) is 4.57 Å². The normalized spacial score (nSPS) is 12.1. The van der Waals surface area contributed by atoms with Crippen molar-refractivity contribution in [3.8, 4) is 11.4 Å². The smallest absolute Gasteiger partial charge is 0.294 e. The van der Waals surface area contributed by atoms with E-state index in [2.05, 4.69) is 10.2 Å². The van der Waals surface area contributed by atoms with Crippen LogP contribution in [-0.2, 0) is 9.05 Å². The predicted molar refractivity (Wildman–Crippen MR) is 78.9 cm³/mol. The summed E-state index contributed by atoms with van der Waals surface area (Å²) < 4.78 is 24.5. The van der Waals surface area contributed by atoms with E-state index in [9.17, 15) is 8.42 Å². The molecule has 0 bridgehead atoms. The van der Waals surface area contributed by atoms with Gasteiger partial charge in [-0.25, -0.2) is 8.42 Å². The van der Waals surface area contributed by atoms with Crippen LogP contribution in [0.1, 0.15) is 19.9 Å². The standard InChI is InChI=1S/C11H10Cl3N3O2S/c1-6(2)17-10(15-16-11(17)20(14,18)19)7-3-4-8(12)9(13)5-7/h3-6H,1-2H3. The van der Waals surface area contributed by atoms with Crippen LogP contribution in [0.25, 0.3) is 11.4 Å². The zero-order valence-corrected chi connectivity index (χ0v) is 13.6. The first-order valence-electron chi connectivity index (χ1n) is 5.57. The molecule has 0 aliphatic carbocycles. The summed E-state index contributed by atoms with van der Waals surface area (Å²) >= 11 is 11.8. The number of rotatable bonds is 3.